The van der Waals surface area contributed by atoms with Crippen LogP contribution in [0.5, 0.6) is 0 Å². The number of H-pyrrole nitrogens is 3. The number of aromatic nitrogens is 4. The Morgan fingerprint density at radius 2 is 1.20 bits per heavy atom. The lowest BCUT2D eigenvalue weighted by atomic mass is 10.0. The lowest BCUT2D eigenvalue weighted by molar-refractivity contribution is -0.142. The Bertz CT molecular complexity index is 2400. The summed E-state index contributed by atoms with van der Waals surface area (Å²) in [6.07, 6.45) is 7.56. The van der Waals surface area contributed by atoms with Gasteiger partial charge in [-0.1, -0.05) is 50.2 Å². The van der Waals surface area contributed by atoms with Crippen molar-refractivity contribution < 1.29 is 33.6 Å². The maximum absolute atomic E-state index is 14.6. The summed E-state index contributed by atoms with van der Waals surface area (Å²) in [6.45, 7) is 2.91. The zero-order valence-electron chi connectivity index (χ0n) is 34.0. The maximum Gasteiger partial charge on any atom is 0.246 e. The Balaban J connectivity index is 1.21. The number of nitrogens with one attached hydrogen (secondary N) is 9. The number of nitrogens with zero attached hydrogens (tertiary/aromatic N) is 2. The monoisotopic (exact) mass is 833 g/mol. The van der Waals surface area contributed by atoms with Crippen LogP contribution in [0.15, 0.2) is 73.4 Å². The van der Waals surface area contributed by atoms with Crippen LogP contribution in [-0.2, 0) is 52.8 Å². The highest BCUT2D eigenvalue weighted by Gasteiger charge is 2.40. The molecule has 61 heavy (non-hydrogen) atoms. The van der Waals surface area contributed by atoms with Crippen molar-refractivity contribution in [3.8, 4) is 0 Å². The predicted octanol–water partition coefficient (Wildman–Crippen LogP) is 0.623. The first-order valence-corrected chi connectivity index (χ1v) is 20.6. The summed E-state index contributed by atoms with van der Waals surface area (Å²) < 4.78 is 0. The molecule has 5 unspecified atom stereocenters. The van der Waals surface area contributed by atoms with E-state index in [1.807, 2.05) is 62.4 Å². The van der Waals surface area contributed by atoms with Crippen molar-refractivity contribution in [2.75, 3.05) is 19.6 Å². The van der Waals surface area contributed by atoms with Crippen LogP contribution in [0.1, 0.15) is 49.9 Å². The topological polar surface area (TPSA) is 255 Å². The van der Waals surface area contributed by atoms with E-state index in [9.17, 15) is 33.6 Å². The quantitative estimate of drug-likeness (QED) is 0.107. The van der Waals surface area contributed by atoms with Crippen molar-refractivity contribution >= 4 is 63.2 Å². The van der Waals surface area contributed by atoms with Crippen LogP contribution in [0.25, 0.3) is 21.8 Å². The van der Waals surface area contributed by atoms with Gasteiger partial charge < -0.3 is 51.8 Å². The first kappa shape index (κ1) is 42.2. The number of carbonyl (C=O) groups excluding carboxylic acids is 7. The number of amides is 7. The molecule has 2 aliphatic heterocycles. The Labute approximate surface area is 351 Å². The highest BCUT2D eigenvalue weighted by atomic mass is 16.2. The third kappa shape index (κ3) is 10.3. The van der Waals surface area contributed by atoms with Crippen LogP contribution in [0.3, 0.4) is 0 Å². The molecule has 2 saturated heterocycles. The molecule has 5 atom stereocenters. The number of rotatable bonds is 8. The minimum absolute atomic E-state index is 0.0194. The highest BCUT2D eigenvalue weighted by molar-refractivity contribution is 5.98. The van der Waals surface area contributed by atoms with Crippen LogP contribution in [0.4, 0.5) is 0 Å². The zero-order chi connectivity index (χ0) is 43.0. The van der Waals surface area contributed by atoms with E-state index >= 15 is 0 Å². The second kappa shape index (κ2) is 18.9. The predicted molar refractivity (Wildman–Crippen MR) is 224 cm³/mol. The van der Waals surface area contributed by atoms with Crippen LogP contribution >= 0.6 is 0 Å². The van der Waals surface area contributed by atoms with Gasteiger partial charge in [-0.2, -0.15) is 0 Å². The maximum atomic E-state index is 14.6. The molecule has 2 fully saturated rings. The highest BCUT2D eigenvalue weighted by Crippen LogP contribution is 2.24. The number of hydrogen-bond acceptors (Lipinski definition) is 8. The van der Waals surface area contributed by atoms with Gasteiger partial charge in [-0.3, -0.25) is 33.6 Å². The van der Waals surface area contributed by atoms with Crippen LogP contribution in [0, 0.1) is 5.92 Å². The number of para-hydroxylation sites is 2. The van der Waals surface area contributed by atoms with Gasteiger partial charge in [-0.05, 0) is 48.4 Å². The lowest BCUT2D eigenvalue weighted by Crippen LogP contribution is -2.58. The fourth-order valence-electron chi connectivity index (χ4n) is 8.09. The van der Waals surface area contributed by atoms with Crippen molar-refractivity contribution in [1.29, 1.82) is 0 Å². The molecule has 0 bridgehead atoms. The molecular formula is C43H51N11O7. The van der Waals surface area contributed by atoms with Gasteiger partial charge in [0.2, 0.25) is 41.4 Å². The lowest BCUT2D eigenvalue weighted by Gasteiger charge is -2.30. The van der Waals surface area contributed by atoms with Gasteiger partial charge in [0.25, 0.3) is 0 Å². The molecular weight excluding hydrogens is 783 g/mol. The Morgan fingerprint density at radius 3 is 1.79 bits per heavy atom. The molecule has 2 aromatic carbocycles. The molecule has 18 heteroatoms. The van der Waals surface area contributed by atoms with Gasteiger partial charge in [-0.25, -0.2) is 4.98 Å². The Morgan fingerprint density at radius 1 is 0.639 bits per heavy atom. The van der Waals surface area contributed by atoms with Crippen LogP contribution in [0.2, 0.25) is 0 Å². The molecule has 5 heterocycles. The van der Waals surface area contributed by atoms with Gasteiger partial charge in [0.15, 0.2) is 0 Å². The van der Waals surface area contributed by atoms with Gasteiger partial charge in [0.05, 0.1) is 19.4 Å². The number of fused-ring (bicyclic) bond motifs is 3. The molecule has 320 valence electrons. The molecule has 7 rings (SSSR count). The average Bonchev–Trinajstić information content (AvgIpc) is 4.09. The summed E-state index contributed by atoms with van der Waals surface area (Å²) >= 11 is 0. The summed E-state index contributed by atoms with van der Waals surface area (Å²) in [5.74, 6) is -4.48. The van der Waals surface area contributed by atoms with E-state index in [0.717, 1.165) is 32.9 Å². The van der Waals surface area contributed by atoms with E-state index < -0.39 is 84.6 Å². The summed E-state index contributed by atoms with van der Waals surface area (Å²) in [6, 6.07) is 9.48. The Kier molecular flexibility index (Phi) is 13.1. The van der Waals surface area contributed by atoms with E-state index in [2.05, 4.69) is 51.8 Å². The fraction of sp³-hybridized carbons (Fsp3) is 0.395. The molecule has 5 aromatic rings. The molecule has 18 nitrogen and oxygen atoms in total. The zero-order valence-corrected chi connectivity index (χ0v) is 34.0. The standard InChI is InChI=1S/C43H51N11O7/c1-24(2)14-32-41(59)52-34(17-27-20-44-23-49-27)40(58)48-22-38(56)51-35(16-26-19-46-31-11-6-4-9-29(26)31)43(61)54-13-7-12-36(54)42(60)53-33(39(57)47-21-37(55)50-32)15-25-18-45-30-10-5-3-8-28(25)30/h3-6,8-11,18-20,23-24,32-36,45-46H,7,12-17,21-22H2,1-2H3,(H,44,49)(H,47,57)(H,48,58)(H,50,55)(H,51,56)(H,52,59)(H,53,60). The summed E-state index contributed by atoms with van der Waals surface area (Å²) in [7, 11) is 0. The summed E-state index contributed by atoms with van der Waals surface area (Å²) in [4.78, 5) is 112. The fourth-order valence-corrected chi connectivity index (χ4v) is 8.09. The second-order valence-electron chi connectivity index (χ2n) is 16.0. The van der Waals surface area contributed by atoms with Gasteiger partial charge in [0.1, 0.15) is 30.2 Å². The molecule has 2 aliphatic rings. The molecule has 0 spiro atoms. The van der Waals surface area contributed by atoms with Crippen molar-refractivity contribution in [2.24, 2.45) is 5.92 Å². The normalized spacial score (nSPS) is 22.8. The van der Waals surface area contributed by atoms with Gasteiger partial charge in [-0.15, -0.1) is 0 Å². The number of imidazole rings is 1. The number of hydrogen-bond donors (Lipinski definition) is 9. The van der Waals surface area contributed by atoms with Crippen molar-refractivity contribution in [2.45, 2.75) is 82.6 Å². The molecule has 3 aromatic heterocycles. The molecule has 7 amide bonds. The molecule has 0 saturated carbocycles. The minimum atomic E-state index is -1.20. The molecule has 9 N–H and O–H groups in total. The Hall–Kier alpha value is -6.98. The van der Waals surface area contributed by atoms with Crippen LogP contribution < -0.4 is 31.9 Å². The average molecular weight is 834 g/mol. The van der Waals surface area contributed by atoms with E-state index in [1.165, 1.54) is 17.4 Å². The van der Waals surface area contributed by atoms with Crippen molar-refractivity contribution in [3.63, 3.8) is 0 Å². The molecule has 0 radical (unpaired) electrons. The van der Waals surface area contributed by atoms with E-state index in [4.69, 9.17) is 0 Å². The third-order valence-corrected chi connectivity index (χ3v) is 11.1. The SMILES string of the molecule is CC(C)CC1NC(=O)CNC(=O)C(Cc2c[nH]c3ccccc23)NC(=O)C2CCCN2C(=O)C(Cc2c[nH]c3ccccc23)NC(=O)CNC(=O)C(Cc2cnc[nH]2)NC1=O. The molecule has 0 aliphatic carbocycles. The summed E-state index contributed by atoms with van der Waals surface area (Å²) in [5, 5.41) is 18.0. The number of benzene rings is 2. The number of carbonyl (C=O) groups is 7. The van der Waals surface area contributed by atoms with Crippen molar-refractivity contribution in [1.82, 2.24) is 56.7 Å². The van der Waals surface area contributed by atoms with Crippen LogP contribution in [-0.4, -0.2) is 116 Å². The summed E-state index contributed by atoms with van der Waals surface area (Å²) in [5.41, 5.74) is 3.69. The second-order valence-corrected chi connectivity index (χ2v) is 16.0. The first-order chi connectivity index (χ1) is 29.4. The first-order valence-electron chi connectivity index (χ1n) is 20.6. The van der Waals surface area contributed by atoms with Crippen molar-refractivity contribution in [3.05, 3.63) is 90.3 Å². The van der Waals surface area contributed by atoms with E-state index in [0.29, 0.717) is 18.5 Å². The largest absolute Gasteiger partial charge is 0.361 e. The van der Waals surface area contributed by atoms with E-state index in [1.54, 1.807) is 12.4 Å². The third-order valence-electron chi connectivity index (χ3n) is 11.1. The smallest absolute Gasteiger partial charge is 0.246 e. The van der Waals surface area contributed by atoms with Gasteiger partial charge >= 0.3 is 0 Å². The number of aromatic amines is 3. The van der Waals surface area contributed by atoms with E-state index in [-0.39, 0.29) is 38.1 Å². The minimum Gasteiger partial charge on any atom is -0.361 e. The van der Waals surface area contributed by atoms with Gasteiger partial charge in [0, 0.05) is 71.9 Å².